The number of amides is 1. The van der Waals surface area contributed by atoms with Crippen LogP contribution >= 0.6 is 11.6 Å². The summed E-state index contributed by atoms with van der Waals surface area (Å²) >= 11 is 6.33. The third-order valence-corrected chi connectivity index (χ3v) is 5.29. The summed E-state index contributed by atoms with van der Waals surface area (Å²) in [6.45, 7) is 3.89. The second-order valence-electron chi connectivity index (χ2n) is 7.42. The maximum Gasteiger partial charge on any atom is 0.433 e. The van der Waals surface area contributed by atoms with Crippen LogP contribution in [0.1, 0.15) is 73.6 Å². The molecule has 0 radical (unpaired) electrons. The molecule has 1 saturated carbocycles. The summed E-state index contributed by atoms with van der Waals surface area (Å²) in [6, 6.07) is 2.66. The lowest BCUT2D eigenvalue weighted by Gasteiger charge is -2.20. The fourth-order valence-electron chi connectivity index (χ4n) is 3.37. The molecule has 1 fully saturated rings. The number of hydrogen-bond acceptors (Lipinski definition) is 3. The summed E-state index contributed by atoms with van der Waals surface area (Å²) in [5.41, 5.74) is -0.609. The Bertz CT molecular complexity index is 935. The highest BCUT2D eigenvalue weighted by Gasteiger charge is 2.38. The number of alkyl halides is 3. The van der Waals surface area contributed by atoms with Crippen LogP contribution in [0.3, 0.4) is 0 Å². The monoisotopic (exact) mass is 429 g/mol. The number of nitrogens with zero attached hydrogens (tertiary/aromatic N) is 3. The summed E-state index contributed by atoms with van der Waals surface area (Å²) in [5.74, 6) is -0.665. The third kappa shape index (κ3) is 4.57. The average Bonchev–Trinajstić information content (AvgIpc) is 3.44. The quantitative estimate of drug-likeness (QED) is 0.586. The van der Waals surface area contributed by atoms with Crippen LogP contribution in [0.4, 0.5) is 13.2 Å². The standard InChI is InChI=1S/C20H23ClF3N3O2/c1-3-5-14(28)11-26(8-4-2)19(29)18-17(21)15-9-13(12-6-7-12)10-16(20(22,23)24)27(15)25-18/h9-10,12H,3-8,11H2,1-2H3. The normalized spacial score (nSPS) is 14.4. The number of pyridine rings is 1. The molecule has 29 heavy (non-hydrogen) atoms. The average molecular weight is 430 g/mol. The minimum Gasteiger partial charge on any atom is -0.330 e. The van der Waals surface area contributed by atoms with E-state index >= 15 is 0 Å². The van der Waals surface area contributed by atoms with Crippen LogP contribution < -0.4 is 0 Å². The van der Waals surface area contributed by atoms with Gasteiger partial charge in [0.05, 0.1) is 17.1 Å². The fourth-order valence-corrected chi connectivity index (χ4v) is 3.63. The van der Waals surface area contributed by atoms with Crippen molar-refractivity contribution in [2.45, 2.75) is 58.0 Å². The van der Waals surface area contributed by atoms with Gasteiger partial charge in [-0.3, -0.25) is 9.59 Å². The van der Waals surface area contributed by atoms with Gasteiger partial charge in [-0.15, -0.1) is 0 Å². The first kappa shape index (κ1) is 21.6. The molecule has 3 rings (SSSR count). The van der Waals surface area contributed by atoms with Crippen LogP contribution in [0.15, 0.2) is 12.1 Å². The Labute approximate surface area is 171 Å². The maximum atomic E-state index is 13.6. The molecule has 0 unspecified atom stereocenters. The first-order valence-electron chi connectivity index (χ1n) is 9.77. The first-order chi connectivity index (χ1) is 13.7. The molecule has 0 aliphatic heterocycles. The van der Waals surface area contributed by atoms with Gasteiger partial charge in [0.2, 0.25) is 0 Å². The number of Topliss-reactive ketones (excluding diaryl/α,β-unsaturated/α-hetero) is 1. The van der Waals surface area contributed by atoms with E-state index < -0.39 is 17.8 Å². The minimum atomic E-state index is -4.64. The van der Waals surface area contributed by atoms with E-state index in [4.69, 9.17) is 11.6 Å². The second kappa shape index (κ2) is 8.34. The molecule has 0 bridgehead atoms. The smallest absolute Gasteiger partial charge is 0.330 e. The zero-order valence-corrected chi connectivity index (χ0v) is 17.1. The molecule has 2 aromatic rings. The van der Waals surface area contributed by atoms with Crippen molar-refractivity contribution in [1.29, 1.82) is 0 Å². The minimum absolute atomic E-state index is 0.0584. The number of halogens is 4. The summed E-state index contributed by atoms with van der Waals surface area (Å²) in [6.07, 6.45) is -1.41. The van der Waals surface area contributed by atoms with E-state index in [1.807, 2.05) is 13.8 Å². The topological polar surface area (TPSA) is 54.7 Å². The molecule has 158 valence electrons. The van der Waals surface area contributed by atoms with Crippen molar-refractivity contribution >= 4 is 28.8 Å². The van der Waals surface area contributed by atoms with Crippen molar-refractivity contribution in [3.05, 3.63) is 34.1 Å². The number of carbonyl (C=O) groups is 2. The lowest BCUT2D eigenvalue weighted by molar-refractivity contribution is -0.142. The van der Waals surface area contributed by atoms with E-state index in [0.717, 1.165) is 18.9 Å². The van der Waals surface area contributed by atoms with E-state index in [1.165, 1.54) is 4.90 Å². The van der Waals surface area contributed by atoms with Crippen LogP contribution in [-0.2, 0) is 11.0 Å². The van der Waals surface area contributed by atoms with Crippen LogP contribution in [0.5, 0.6) is 0 Å². The second-order valence-corrected chi connectivity index (χ2v) is 7.80. The molecule has 5 nitrogen and oxygen atoms in total. The summed E-state index contributed by atoms with van der Waals surface area (Å²) in [4.78, 5) is 26.3. The predicted molar refractivity (Wildman–Crippen MR) is 103 cm³/mol. The molecule has 1 aliphatic rings. The van der Waals surface area contributed by atoms with Gasteiger partial charge in [0.1, 0.15) is 5.69 Å². The van der Waals surface area contributed by atoms with E-state index in [0.29, 0.717) is 29.3 Å². The number of fused-ring (bicyclic) bond motifs is 1. The number of aromatic nitrogens is 2. The van der Waals surface area contributed by atoms with Gasteiger partial charge in [0.25, 0.3) is 5.91 Å². The molecule has 1 aliphatic carbocycles. The molecule has 2 heterocycles. The Hall–Kier alpha value is -2.09. The van der Waals surface area contributed by atoms with Crippen LogP contribution in [0, 0.1) is 0 Å². The molecular formula is C20H23ClF3N3O2. The van der Waals surface area contributed by atoms with Crippen LogP contribution in [0.25, 0.3) is 5.52 Å². The predicted octanol–water partition coefficient (Wildman–Crippen LogP) is 5.11. The molecule has 2 aromatic heterocycles. The van der Waals surface area contributed by atoms with Crippen molar-refractivity contribution < 1.29 is 22.8 Å². The molecule has 0 atom stereocenters. The zero-order valence-electron chi connectivity index (χ0n) is 16.4. The Balaban J connectivity index is 2.05. The maximum absolute atomic E-state index is 13.6. The van der Waals surface area contributed by atoms with Gasteiger partial charge in [-0.2, -0.15) is 18.3 Å². The Morgan fingerprint density at radius 3 is 2.48 bits per heavy atom. The van der Waals surface area contributed by atoms with Gasteiger partial charge in [-0.05, 0) is 49.3 Å². The van der Waals surface area contributed by atoms with Gasteiger partial charge >= 0.3 is 6.18 Å². The molecule has 0 N–H and O–H groups in total. The molecular weight excluding hydrogens is 407 g/mol. The number of hydrogen-bond donors (Lipinski definition) is 0. The van der Waals surface area contributed by atoms with Crippen LogP contribution in [0.2, 0.25) is 5.02 Å². The fraction of sp³-hybridized carbons (Fsp3) is 0.550. The molecule has 1 amide bonds. The summed E-state index contributed by atoms with van der Waals surface area (Å²) in [7, 11) is 0. The number of rotatable bonds is 8. The van der Waals surface area contributed by atoms with E-state index in [9.17, 15) is 22.8 Å². The van der Waals surface area contributed by atoms with E-state index in [1.54, 1.807) is 6.07 Å². The SMILES string of the molecule is CCCC(=O)CN(CCC)C(=O)c1nn2c(C(F)(F)F)cc(C3CC3)cc2c1Cl. The first-order valence-corrected chi connectivity index (χ1v) is 10.2. The van der Waals surface area contributed by atoms with Crippen molar-refractivity contribution in [2.75, 3.05) is 13.1 Å². The highest BCUT2D eigenvalue weighted by Crippen LogP contribution is 2.43. The van der Waals surface area contributed by atoms with Gasteiger partial charge in [-0.1, -0.05) is 25.4 Å². The zero-order chi connectivity index (χ0) is 21.3. The molecule has 9 heteroatoms. The Morgan fingerprint density at radius 1 is 1.24 bits per heavy atom. The lowest BCUT2D eigenvalue weighted by atomic mass is 10.1. The number of carbonyl (C=O) groups excluding carboxylic acids is 2. The third-order valence-electron chi connectivity index (χ3n) is 4.91. The largest absolute Gasteiger partial charge is 0.433 e. The van der Waals surface area contributed by atoms with Gasteiger partial charge in [0.15, 0.2) is 11.5 Å². The van der Waals surface area contributed by atoms with Crippen molar-refractivity contribution in [2.24, 2.45) is 0 Å². The van der Waals surface area contributed by atoms with E-state index in [-0.39, 0.29) is 41.0 Å². The summed E-state index contributed by atoms with van der Waals surface area (Å²) < 4.78 is 41.5. The van der Waals surface area contributed by atoms with Gasteiger partial charge < -0.3 is 4.90 Å². The Morgan fingerprint density at radius 2 is 1.93 bits per heavy atom. The van der Waals surface area contributed by atoms with Gasteiger partial charge in [-0.25, -0.2) is 4.52 Å². The lowest BCUT2D eigenvalue weighted by Crippen LogP contribution is -2.36. The van der Waals surface area contributed by atoms with E-state index in [2.05, 4.69) is 5.10 Å². The van der Waals surface area contributed by atoms with Crippen molar-refractivity contribution in [3.63, 3.8) is 0 Å². The molecule has 0 spiro atoms. The Kier molecular flexibility index (Phi) is 6.22. The highest BCUT2D eigenvalue weighted by molar-refractivity contribution is 6.36. The van der Waals surface area contributed by atoms with Crippen molar-refractivity contribution in [1.82, 2.24) is 14.5 Å². The van der Waals surface area contributed by atoms with Crippen molar-refractivity contribution in [3.8, 4) is 0 Å². The van der Waals surface area contributed by atoms with Gasteiger partial charge in [0, 0.05) is 13.0 Å². The van der Waals surface area contributed by atoms with Crippen LogP contribution in [-0.4, -0.2) is 39.3 Å². The highest BCUT2D eigenvalue weighted by atomic mass is 35.5. The summed E-state index contributed by atoms with van der Waals surface area (Å²) in [5, 5.41) is 3.80. The number of ketones is 1. The molecule has 0 saturated heterocycles. The molecule has 0 aromatic carbocycles.